The number of fused-ring (bicyclic) bond motifs is 1. The number of hydrogen-bond acceptors (Lipinski definition) is 2. The number of aromatic nitrogens is 3. The zero-order valence-corrected chi connectivity index (χ0v) is 6.84. The van der Waals surface area contributed by atoms with Crippen molar-refractivity contribution in [3.05, 3.63) is 28.6 Å². The Morgan fingerprint density at radius 2 is 2.09 bits per heavy atom. The van der Waals surface area contributed by atoms with Crippen molar-refractivity contribution in [1.29, 1.82) is 0 Å². The SMILES string of the molecule is Clc1nc2cccc(Cl)n2n1. The third-order valence-electron chi connectivity index (χ3n) is 1.29. The van der Waals surface area contributed by atoms with Crippen LogP contribution in [0.5, 0.6) is 0 Å². The van der Waals surface area contributed by atoms with E-state index < -0.39 is 0 Å². The van der Waals surface area contributed by atoms with Gasteiger partial charge in [-0.25, -0.2) is 4.52 Å². The molecule has 11 heavy (non-hydrogen) atoms. The summed E-state index contributed by atoms with van der Waals surface area (Å²) >= 11 is 11.3. The molecule has 0 N–H and O–H groups in total. The molecule has 0 aliphatic heterocycles. The van der Waals surface area contributed by atoms with Gasteiger partial charge in [-0.3, -0.25) is 0 Å². The van der Waals surface area contributed by atoms with Gasteiger partial charge in [0.2, 0.25) is 5.28 Å². The molecule has 0 spiro atoms. The van der Waals surface area contributed by atoms with Gasteiger partial charge in [-0.05, 0) is 23.7 Å². The van der Waals surface area contributed by atoms with Crippen LogP contribution in [-0.2, 0) is 0 Å². The van der Waals surface area contributed by atoms with Crippen LogP contribution < -0.4 is 0 Å². The molecular formula is C6H3Cl2N3. The Morgan fingerprint density at radius 3 is 2.82 bits per heavy atom. The van der Waals surface area contributed by atoms with Gasteiger partial charge in [0.05, 0.1) is 0 Å². The normalized spacial score (nSPS) is 10.7. The number of rotatable bonds is 0. The van der Waals surface area contributed by atoms with Gasteiger partial charge in [0.15, 0.2) is 5.65 Å². The molecule has 5 heteroatoms. The maximum absolute atomic E-state index is 5.77. The van der Waals surface area contributed by atoms with Crippen molar-refractivity contribution in [3.63, 3.8) is 0 Å². The summed E-state index contributed by atoms with van der Waals surface area (Å²) in [5, 5.41) is 4.56. The summed E-state index contributed by atoms with van der Waals surface area (Å²) in [7, 11) is 0. The van der Waals surface area contributed by atoms with Crippen molar-refractivity contribution < 1.29 is 0 Å². The minimum absolute atomic E-state index is 0.207. The number of hydrogen-bond donors (Lipinski definition) is 0. The molecule has 0 bridgehead atoms. The second-order valence-electron chi connectivity index (χ2n) is 2.00. The molecule has 0 radical (unpaired) electrons. The minimum Gasteiger partial charge on any atom is -0.201 e. The van der Waals surface area contributed by atoms with Gasteiger partial charge in [-0.15, -0.1) is 5.10 Å². The molecule has 0 aliphatic carbocycles. The highest BCUT2D eigenvalue weighted by molar-refractivity contribution is 6.30. The fraction of sp³-hybridized carbons (Fsp3) is 0. The fourth-order valence-corrected chi connectivity index (χ4v) is 1.21. The first kappa shape index (κ1) is 6.88. The van der Waals surface area contributed by atoms with E-state index in [0.29, 0.717) is 10.8 Å². The molecule has 0 fully saturated rings. The zero-order chi connectivity index (χ0) is 7.84. The summed E-state index contributed by atoms with van der Waals surface area (Å²) in [6, 6.07) is 5.30. The molecule has 0 amide bonds. The zero-order valence-electron chi connectivity index (χ0n) is 5.33. The van der Waals surface area contributed by atoms with Crippen molar-refractivity contribution in [3.8, 4) is 0 Å². The molecule has 0 unspecified atom stereocenters. The van der Waals surface area contributed by atoms with E-state index in [1.54, 1.807) is 18.2 Å². The van der Waals surface area contributed by atoms with E-state index in [2.05, 4.69) is 10.1 Å². The van der Waals surface area contributed by atoms with E-state index in [-0.39, 0.29) is 5.28 Å². The molecule has 2 aromatic heterocycles. The van der Waals surface area contributed by atoms with Crippen LogP contribution in [0.15, 0.2) is 18.2 Å². The predicted molar refractivity (Wildman–Crippen MR) is 43.0 cm³/mol. The van der Waals surface area contributed by atoms with Gasteiger partial charge in [0, 0.05) is 0 Å². The maximum atomic E-state index is 5.77. The lowest BCUT2D eigenvalue weighted by molar-refractivity contribution is 0.962. The Labute approximate surface area is 72.6 Å². The second kappa shape index (κ2) is 2.36. The molecule has 2 rings (SSSR count). The molecule has 56 valence electrons. The standard InChI is InChI=1S/C6H3Cl2N3/c7-4-2-1-3-5-9-6(8)10-11(4)5/h1-3H. The lowest BCUT2D eigenvalue weighted by Crippen LogP contribution is -1.86. The Kier molecular flexibility index (Phi) is 1.47. The summed E-state index contributed by atoms with van der Waals surface area (Å²) < 4.78 is 1.48. The summed E-state index contributed by atoms with van der Waals surface area (Å²) in [5.41, 5.74) is 0.655. The van der Waals surface area contributed by atoms with Crippen molar-refractivity contribution >= 4 is 28.8 Å². The van der Waals surface area contributed by atoms with Crippen LogP contribution in [0, 0.1) is 0 Å². The third-order valence-corrected chi connectivity index (χ3v) is 1.73. The van der Waals surface area contributed by atoms with Crippen molar-refractivity contribution in [2.24, 2.45) is 0 Å². The highest BCUT2D eigenvalue weighted by Gasteiger charge is 2.01. The van der Waals surface area contributed by atoms with Crippen molar-refractivity contribution in [2.75, 3.05) is 0 Å². The van der Waals surface area contributed by atoms with Crippen LogP contribution in [0.1, 0.15) is 0 Å². The predicted octanol–water partition coefficient (Wildman–Crippen LogP) is 2.04. The lowest BCUT2D eigenvalue weighted by Gasteiger charge is -1.91. The van der Waals surface area contributed by atoms with Crippen LogP contribution in [0.25, 0.3) is 5.65 Å². The average molecular weight is 188 g/mol. The number of pyridine rings is 1. The van der Waals surface area contributed by atoms with E-state index >= 15 is 0 Å². The third kappa shape index (κ3) is 1.06. The topological polar surface area (TPSA) is 30.2 Å². The fourth-order valence-electron chi connectivity index (χ4n) is 0.847. The highest BCUT2D eigenvalue weighted by Crippen LogP contribution is 2.12. The van der Waals surface area contributed by atoms with Crippen molar-refractivity contribution in [2.45, 2.75) is 0 Å². The van der Waals surface area contributed by atoms with E-state index in [4.69, 9.17) is 23.2 Å². The second-order valence-corrected chi connectivity index (χ2v) is 2.72. The quantitative estimate of drug-likeness (QED) is 0.592. The Bertz CT molecular complexity index is 396. The maximum Gasteiger partial charge on any atom is 0.243 e. The van der Waals surface area contributed by atoms with E-state index in [1.165, 1.54) is 4.52 Å². The van der Waals surface area contributed by atoms with E-state index in [0.717, 1.165) is 0 Å². The summed E-state index contributed by atoms with van der Waals surface area (Å²) in [6.45, 7) is 0. The first-order valence-electron chi connectivity index (χ1n) is 2.94. The van der Waals surface area contributed by atoms with E-state index in [9.17, 15) is 0 Å². The molecule has 0 saturated carbocycles. The van der Waals surface area contributed by atoms with Crippen LogP contribution >= 0.6 is 23.2 Å². The summed E-state index contributed by atoms with van der Waals surface area (Å²) in [6.07, 6.45) is 0. The van der Waals surface area contributed by atoms with Gasteiger partial charge in [0.25, 0.3) is 0 Å². The van der Waals surface area contributed by atoms with Crippen LogP contribution in [0.2, 0.25) is 10.4 Å². The minimum atomic E-state index is 0.207. The monoisotopic (exact) mass is 187 g/mol. The molecule has 0 aromatic carbocycles. The largest absolute Gasteiger partial charge is 0.243 e. The van der Waals surface area contributed by atoms with Gasteiger partial charge in [0.1, 0.15) is 5.15 Å². The molecule has 0 atom stereocenters. The summed E-state index contributed by atoms with van der Waals surface area (Å²) in [4.78, 5) is 3.91. The van der Waals surface area contributed by atoms with Gasteiger partial charge >= 0.3 is 0 Å². The van der Waals surface area contributed by atoms with Gasteiger partial charge in [-0.2, -0.15) is 4.98 Å². The van der Waals surface area contributed by atoms with Gasteiger partial charge in [-0.1, -0.05) is 17.7 Å². The van der Waals surface area contributed by atoms with Gasteiger partial charge < -0.3 is 0 Å². The summed E-state index contributed by atoms with van der Waals surface area (Å²) in [5.74, 6) is 0. The molecule has 0 saturated heterocycles. The molecule has 3 nitrogen and oxygen atoms in total. The van der Waals surface area contributed by atoms with E-state index in [1.807, 2.05) is 0 Å². The number of nitrogens with zero attached hydrogens (tertiary/aromatic N) is 3. The van der Waals surface area contributed by atoms with Crippen LogP contribution in [-0.4, -0.2) is 14.6 Å². The first-order valence-corrected chi connectivity index (χ1v) is 3.70. The van der Waals surface area contributed by atoms with Crippen molar-refractivity contribution in [1.82, 2.24) is 14.6 Å². The average Bonchev–Trinajstić information content (AvgIpc) is 2.31. The molecule has 2 aromatic rings. The molecular weight excluding hydrogens is 185 g/mol. The van der Waals surface area contributed by atoms with Crippen LogP contribution in [0.4, 0.5) is 0 Å². The Hall–Kier alpha value is -0.800. The van der Waals surface area contributed by atoms with Crippen LogP contribution in [0.3, 0.4) is 0 Å². The Morgan fingerprint density at radius 1 is 1.27 bits per heavy atom. The smallest absolute Gasteiger partial charge is 0.201 e. The Balaban J connectivity index is 2.90. The lowest BCUT2D eigenvalue weighted by atomic mass is 10.5. The first-order chi connectivity index (χ1) is 5.27. The molecule has 0 aliphatic rings. The highest BCUT2D eigenvalue weighted by atomic mass is 35.5. The number of halogens is 2. The molecule has 2 heterocycles.